The van der Waals surface area contributed by atoms with Gasteiger partial charge in [0.2, 0.25) is 0 Å². The average molecular weight is 452 g/mol. The Morgan fingerprint density at radius 3 is 2.57 bits per heavy atom. The van der Waals surface area contributed by atoms with Gasteiger partial charge in [0.05, 0.1) is 0 Å². The number of carbonyl (C=O) groups excluding carboxylic acids is 2. The molecule has 1 aromatic heterocycles. The third-order valence-corrected chi connectivity index (χ3v) is 4.94. The predicted octanol–water partition coefficient (Wildman–Crippen LogP) is 3.26. The maximum absolute atomic E-state index is 14.0. The monoisotopic (exact) mass is 451 g/mol. The van der Waals surface area contributed by atoms with E-state index in [9.17, 15) is 19.1 Å². The van der Waals surface area contributed by atoms with Crippen molar-refractivity contribution in [3.63, 3.8) is 0 Å². The first-order valence-corrected chi connectivity index (χ1v) is 9.53. The third kappa shape index (κ3) is 5.05. The largest absolute Gasteiger partial charge is 0.446 e. The molecule has 28 heavy (non-hydrogen) atoms. The normalized spacial score (nSPS) is 15.8. The summed E-state index contributed by atoms with van der Waals surface area (Å²) in [6.07, 6.45) is 1.50. The Kier molecular flexibility index (Phi) is 6.58. The van der Waals surface area contributed by atoms with Gasteiger partial charge >= 0.3 is 6.09 Å². The molecule has 1 fully saturated rings. The summed E-state index contributed by atoms with van der Waals surface area (Å²) in [6.45, 7) is 0.614. The number of aromatic nitrogens is 1. The standard InChI is InChI=1S/C19H19BrFN3O4/c20-12-1-2-15(16(21)11-12)17(25)18(26)24-9-5-14(6-10-24)28-19(27)23-13-3-7-22-8-4-13/h1-4,7-8,11,14,17,25H,5-6,9-10H2,(H,22,23,27). The number of nitrogens with zero attached hydrogens (tertiary/aromatic N) is 2. The van der Waals surface area contributed by atoms with Crippen LogP contribution in [0.2, 0.25) is 0 Å². The number of likely N-dealkylation sites (tertiary alicyclic amines) is 1. The molecule has 1 aliphatic rings. The summed E-state index contributed by atoms with van der Waals surface area (Å²) in [7, 11) is 0. The molecule has 1 aromatic carbocycles. The number of hydrogen-bond donors (Lipinski definition) is 2. The summed E-state index contributed by atoms with van der Waals surface area (Å²) in [5.41, 5.74) is 0.510. The van der Waals surface area contributed by atoms with E-state index in [1.807, 2.05) is 0 Å². The molecular weight excluding hydrogens is 433 g/mol. The lowest BCUT2D eigenvalue weighted by Crippen LogP contribution is -2.43. The first-order valence-electron chi connectivity index (χ1n) is 8.73. The number of aliphatic hydroxyl groups is 1. The summed E-state index contributed by atoms with van der Waals surface area (Å²) < 4.78 is 19.9. The number of piperidine rings is 1. The average Bonchev–Trinajstić information content (AvgIpc) is 2.68. The Balaban J connectivity index is 1.50. The van der Waals surface area contributed by atoms with Crippen molar-refractivity contribution in [3.8, 4) is 0 Å². The van der Waals surface area contributed by atoms with Gasteiger partial charge < -0.3 is 14.7 Å². The van der Waals surface area contributed by atoms with E-state index in [4.69, 9.17) is 4.74 Å². The number of amides is 2. The van der Waals surface area contributed by atoms with Crippen molar-refractivity contribution in [2.45, 2.75) is 25.0 Å². The van der Waals surface area contributed by atoms with Crippen LogP contribution in [0.4, 0.5) is 14.9 Å². The maximum Gasteiger partial charge on any atom is 0.411 e. The first kappa shape index (κ1) is 20.2. The van der Waals surface area contributed by atoms with Gasteiger partial charge in [-0.25, -0.2) is 9.18 Å². The summed E-state index contributed by atoms with van der Waals surface area (Å²) in [4.78, 5) is 29.7. The third-order valence-electron chi connectivity index (χ3n) is 4.45. The number of halogens is 2. The molecule has 148 valence electrons. The highest BCUT2D eigenvalue weighted by atomic mass is 79.9. The van der Waals surface area contributed by atoms with Crippen molar-refractivity contribution in [1.82, 2.24) is 9.88 Å². The van der Waals surface area contributed by atoms with E-state index < -0.39 is 23.9 Å². The van der Waals surface area contributed by atoms with Crippen molar-refractivity contribution in [3.05, 3.63) is 58.6 Å². The van der Waals surface area contributed by atoms with Crippen molar-refractivity contribution in [2.75, 3.05) is 18.4 Å². The molecule has 0 radical (unpaired) electrons. The van der Waals surface area contributed by atoms with Gasteiger partial charge in [-0.15, -0.1) is 0 Å². The lowest BCUT2D eigenvalue weighted by Gasteiger charge is -2.33. The molecule has 0 bridgehead atoms. The SMILES string of the molecule is O=C(Nc1ccncc1)OC1CCN(C(=O)C(O)c2ccc(Br)cc2F)CC1. The number of pyridine rings is 1. The molecule has 0 saturated carbocycles. The molecule has 0 aliphatic carbocycles. The van der Waals surface area contributed by atoms with Crippen LogP contribution in [0.3, 0.4) is 0 Å². The molecule has 2 aromatic rings. The fraction of sp³-hybridized carbons (Fsp3) is 0.316. The maximum atomic E-state index is 14.0. The highest BCUT2D eigenvalue weighted by Gasteiger charge is 2.30. The van der Waals surface area contributed by atoms with Gasteiger partial charge in [-0.05, 0) is 24.3 Å². The van der Waals surface area contributed by atoms with E-state index in [1.165, 1.54) is 17.0 Å². The first-order chi connectivity index (χ1) is 13.4. The minimum absolute atomic E-state index is 0.0664. The van der Waals surface area contributed by atoms with Crippen LogP contribution >= 0.6 is 15.9 Å². The zero-order valence-corrected chi connectivity index (χ0v) is 16.4. The minimum Gasteiger partial charge on any atom is -0.446 e. The number of hydrogen-bond acceptors (Lipinski definition) is 5. The van der Waals surface area contributed by atoms with E-state index >= 15 is 0 Å². The van der Waals surface area contributed by atoms with Crippen molar-refractivity contribution >= 4 is 33.6 Å². The summed E-state index contributed by atoms with van der Waals surface area (Å²) in [5.74, 6) is -1.22. The molecule has 2 amide bonds. The number of nitrogens with one attached hydrogen (secondary N) is 1. The van der Waals surface area contributed by atoms with Crippen LogP contribution in [0, 0.1) is 5.82 Å². The van der Waals surface area contributed by atoms with Gasteiger partial charge in [-0.3, -0.25) is 15.1 Å². The van der Waals surface area contributed by atoms with Crippen molar-refractivity contribution in [1.29, 1.82) is 0 Å². The van der Waals surface area contributed by atoms with Gasteiger partial charge in [0.1, 0.15) is 11.9 Å². The smallest absolute Gasteiger partial charge is 0.411 e. The van der Waals surface area contributed by atoms with Gasteiger partial charge in [0.25, 0.3) is 5.91 Å². The Morgan fingerprint density at radius 1 is 1.25 bits per heavy atom. The van der Waals surface area contributed by atoms with Gasteiger partial charge in [0, 0.05) is 54.0 Å². The van der Waals surface area contributed by atoms with Crippen LogP contribution < -0.4 is 5.32 Å². The molecule has 7 nitrogen and oxygen atoms in total. The lowest BCUT2D eigenvalue weighted by atomic mass is 10.0. The second-order valence-corrected chi connectivity index (χ2v) is 7.27. The second kappa shape index (κ2) is 9.11. The highest BCUT2D eigenvalue weighted by molar-refractivity contribution is 9.10. The van der Waals surface area contributed by atoms with Gasteiger partial charge in [0.15, 0.2) is 6.10 Å². The molecule has 9 heteroatoms. The summed E-state index contributed by atoms with van der Waals surface area (Å²) in [5, 5.41) is 12.8. The quantitative estimate of drug-likeness (QED) is 0.744. The topological polar surface area (TPSA) is 91.8 Å². The second-order valence-electron chi connectivity index (χ2n) is 6.36. The Labute approximate surface area is 169 Å². The molecule has 2 heterocycles. The van der Waals surface area contributed by atoms with E-state index in [-0.39, 0.29) is 11.7 Å². The fourth-order valence-corrected chi connectivity index (χ4v) is 3.29. The zero-order valence-electron chi connectivity index (χ0n) is 14.8. The van der Waals surface area contributed by atoms with Crippen LogP contribution in [0.15, 0.2) is 47.2 Å². The Morgan fingerprint density at radius 2 is 1.93 bits per heavy atom. The molecule has 3 rings (SSSR count). The zero-order chi connectivity index (χ0) is 20.1. The lowest BCUT2D eigenvalue weighted by molar-refractivity contribution is -0.142. The van der Waals surface area contributed by atoms with Crippen LogP contribution in [-0.4, -0.2) is 46.2 Å². The molecular formula is C19H19BrFN3O4. The van der Waals surface area contributed by atoms with Crippen LogP contribution in [-0.2, 0) is 9.53 Å². The fourth-order valence-electron chi connectivity index (χ4n) is 2.96. The number of benzene rings is 1. The molecule has 0 spiro atoms. The number of ether oxygens (including phenoxy) is 1. The van der Waals surface area contributed by atoms with Gasteiger partial charge in [-0.2, -0.15) is 0 Å². The number of rotatable bonds is 4. The number of aliphatic hydroxyl groups excluding tert-OH is 1. The van der Waals surface area contributed by atoms with Crippen LogP contribution in [0.1, 0.15) is 24.5 Å². The van der Waals surface area contributed by atoms with E-state index in [1.54, 1.807) is 30.6 Å². The number of anilines is 1. The predicted molar refractivity (Wildman–Crippen MR) is 103 cm³/mol. The Bertz CT molecular complexity index is 844. The van der Waals surface area contributed by atoms with Crippen LogP contribution in [0.25, 0.3) is 0 Å². The number of carbonyl (C=O) groups is 2. The summed E-state index contributed by atoms with van der Waals surface area (Å²) in [6, 6.07) is 7.43. The van der Waals surface area contributed by atoms with E-state index in [0.29, 0.717) is 36.1 Å². The highest BCUT2D eigenvalue weighted by Crippen LogP contribution is 2.24. The molecule has 1 unspecified atom stereocenters. The Hall–Kier alpha value is -2.52. The van der Waals surface area contributed by atoms with Crippen molar-refractivity contribution in [2.24, 2.45) is 0 Å². The molecule has 2 N–H and O–H groups in total. The van der Waals surface area contributed by atoms with Crippen molar-refractivity contribution < 1.29 is 23.8 Å². The molecule has 1 atom stereocenters. The molecule has 1 aliphatic heterocycles. The molecule has 1 saturated heterocycles. The summed E-state index contributed by atoms with van der Waals surface area (Å²) >= 11 is 3.14. The van der Waals surface area contributed by atoms with E-state index in [0.717, 1.165) is 0 Å². The van der Waals surface area contributed by atoms with Gasteiger partial charge in [-0.1, -0.05) is 22.0 Å². The minimum atomic E-state index is -1.57. The van der Waals surface area contributed by atoms with E-state index in [2.05, 4.69) is 26.2 Å². The van der Waals surface area contributed by atoms with Crippen LogP contribution in [0.5, 0.6) is 0 Å².